The summed E-state index contributed by atoms with van der Waals surface area (Å²) in [6, 6.07) is 16.9. The van der Waals surface area contributed by atoms with E-state index < -0.39 is 0 Å². The molecule has 0 aliphatic rings. The van der Waals surface area contributed by atoms with Crippen LogP contribution in [0.5, 0.6) is 0 Å². The SMILES string of the molecule is CCn1c(Cc2ccccc2)nnc1SC(C)c1cccc([N+](=O)[O-])c1. The average molecular weight is 368 g/mol. The monoisotopic (exact) mass is 368 g/mol. The van der Waals surface area contributed by atoms with Crippen LogP contribution >= 0.6 is 11.8 Å². The summed E-state index contributed by atoms with van der Waals surface area (Å²) in [5.41, 5.74) is 2.20. The first-order valence-electron chi connectivity index (χ1n) is 8.45. The van der Waals surface area contributed by atoms with Crippen LogP contribution in [-0.4, -0.2) is 19.7 Å². The Balaban J connectivity index is 1.79. The Labute approximate surface area is 156 Å². The number of aromatic nitrogens is 3. The van der Waals surface area contributed by atoms with E-state index in [1.807, 2.05) is 31.2 Å². The molecule has 0 bridgehead atoms. The van der Waals surface area contributed by atoms with Crippen molar-refractivity contribution in [1.29, 1.82) is 0 Å². The minimum absolute atomic E-state index is 0.0361. The number of hydrogen-bond donors (Lipinski definition) is 0. The molecule has 1 heterocycles. The Morgan fingerprint density at radius 2 is 1.92 bits per heavy atom. The normalized spacial score (nSPS) is 12.1. The largest absolute Gasteiger partial charge is 0.306 e. The molecule has 3 rings (SSSR count). The molecule has 134 valence electrons. The van der Waals surface area contributed by atoms with Gasteiger partial charge in [0.1, 0.15) is 5.82 Å². The van der Waals surface area contributed by atoms with Gasteiger partial charge in [0.05, 0.1) is 4.92 Å². The van der Waals surface area contributed by atoms with Crippen molar-refractivity contribution >= 4 is 17.4 Å². The fourth-order valence-electron chi connectivity index (χ4n) is 2.75. The van der Waals surface area contributed by atoms with Gasteiger partial charge in [-0.25, -0.2) is 0 Å². The Kier molecular flexibility index (Phi) is 5.68. The molecular weight excluding hydrogens is 348 g/mol. The minimum Gasteiger partial charge on any atom is -0.306 e. The maximum atomic E-state index is 11.0. The van der Waals surface area contributed by atoms with E-state index in [-0.39, 0.29) is 15.9 Å². The zero-order valence-corrected chi connectivity index (χ0v) is 15.5. The first kappa shape index (κ1) is 18.1. The first-order valence-corrected chi connectivity index (χ1v) is 9.33. The lowest BCUT2D eigenvalue weighted by molar-refractivity contribution is -0.384. The Morgan fingerprint density at radius 1 is 1.15 bits per heavy atom. The highest BCUT2D eigenvalue weighted by molar-refractivity contribution is 7.99. The van der Waals surface area contributed by atoms with Crippen LogP contribution in [0.3, 0.4) is 0 Å². The molecular formula is C19H20N4O2S. The van der Waals surface area contributed by atoms with E-state index in [0.29, 0.717) is 0 Å². The third-order valence-electron chi connectivity index (χ3n) is 4.15. The van der Waals surface area contributed by atoms with Crippen molar-refractivity contribution in [2.45, 2.75) is 37.2 Å². The van der Waals surface area contributed by atoms with Crippen LogP contribution in [0.25, 0.3) is 0 Å². The highest BCUT2D eigenvalue weighted by atomic mass is 32.2. The Bertz CT molecular complexity index is 896. The van der Waals surface area contributed by atoms with E-state index in [2.05, 4.69) is 33.8 Å². The summed E-state index contributed by atoms with van der Waals surface area (Å²) >= 11 is 1.57. The molecule has 1 unspecified atom stereocenters. The van der Waals surface area contributed by atoms with Crippen molar-refractivity contribution in [3.05, 3.63) is 81.7 Å². The van der Waals surface area contributed by atoms with Gasteiger partial charge >= 0.3 is 0 Å². The number of nitro benzene ring substituents is 1. The number of thioether (sulfide) groups is 1. The molecule has 0 amide bonds. The van der Waals surface area contributed by atoms with E-state index in [1.54, 1.807) is 23.9 Å². The highest BCUT2D eigenvalue weighted by Crippen LogP contribution is 2.35. The lowest BCUT2D eigenvalue weighted by Gasteiger charge is -2.12. The Morgan fingerprint density at radius 3 is 2.62 bits per heavy atom. The second kappa shape index (κ2) is 8.14. The molecule has 0 aliphatic carbocycles. The van der Waals surface area contributed by atoms with Crippen molar-refractivity contribution in [2.24, 2.45) is 0 Å². The number of nitro groups is 1. The number of benzene rings is 2. The third-order valence-corrected chi connectivity index (χ3v) is 5.29. The van der Waals surface area contributed by atoms with Gasteiger partial charge in [0.25, 0.3) is 5.69 Å². The number of rotatable bonds is 7. The molecule has 2 aromatic carbocycles. The molecule has 0 N–H and O–H groups in total. The summed E-state index contributed by atoms with van der Waals surface area (Å²) in [5, 5.41) is 20.6. The second-order valence-electron chi connectivity index (χ2n) is 5.92. The fraction of sp³-hybridized carbons (Fsp3) is 0.263. The molecule has 6 nitrogen and oxygen atoms in total. The van der Waals surface area contributed by atoms with Gasteiger partial charge in [0, 0.05) is 30.3 Å². The molecule has 3 aromatic rings. The van der Waals surface area contributed by atoms with Crippen molar-refractivity contribution < 1.29 is 4.92 Å². The van der Waals surface area contributed by atoms with Gasteiger partial charge in [-0.2, -0.15) is 0 Å². The van der Waals surface area contributed by atoms with Gasteiger partial charge in [-0.05, 0) is 25.0 Å². The van der Waals surface area contributed by atoms with E-state index >= 15 is 0 Å². The van der Waals surface area contributed by atoms with Crippen LogP contribution in [-0.2, 0) is 13.0 Å². The maximum absolute atomic E-state index is 11.0. The van der Waals surface area contributed by atoms with Crippen molar-refractivity contribution in [1.82, 2.24) is 14.8 Å². The third kappa shape index (κ3) is 4.11. The molecule has 0 radical (unpaired) electrons. The number of non-ortho nitro benzene ring substituents is 1. The number of hydrogen-bond acceptors (Lipinski definition) is 5. The second-order valence-corrected chi connectivity index (χ2v) is 7.23. The zero-order valence-electron chi connectivity index (χ0n) is 14.7. The van der Waals surface area contributed by atoms with Crippen molar-refractivity contribution in [3.63, 3.8) is 0 Å². The van der Waals surface area contributed by atoms with Crippen LogP contribution in [0.1, 0.15) is 36.0 Å². The molecule has 26 heavy (non-hydrogen) atoms. The fourth-order valence-corrected chi connectivity index (χ4v) is 3.80. The minimum atomic E-state index is -0.368. The van der Waals surface area contributed by atoms with E-state index in [4.69, 9.17) is 0 Å². The van der Waals surface area contributed by atoms with Gasteiger partial charge < -0.3 is 4.57 Å². The van der Waals surface area contributed by atoms with Gasteiger partial charge in [-0.3, -0.25) is 10.1 Å². The molecule has 0 aliphatic heterocycles. The van der Waals surface area contributed by atoms with Crippen LogP contribution in [0, 0.1) is 10.1 Å². The molecule has 1 aromatic heterocycles. The molecule has 0 spiro atoms. The van der Waals surface area contributed by atoms with Crippen LogP contribution < -0.4 is 0 Å². The van der Waals surface area contributed by atoms with Crippen LogP contribution in [0.15, 0.2) is 59.8 Å². The first-order chi connectivity index (χ1) is 12.6. The van der Waals surface area contributed by atoms with E-state index in [9.17, 15) is 10.1 Å². The molecule has 7 heteroatoms. The quantitative estimate of drug-likeness (QED) is 0.345. The molecule has 0 saturated heterocycles. The summed E-state index contributed by atoms with van der Waals surface area (Å²) in [5.74, 6) is 0.924. The lowest BCUT2D eigenvalue weighted by Crippen LogP contribution is -2.04. The number of nitrogens with zero attached hydrogens (tertiary/aromatic N) is 4. The van der Waals surface area contributed by atoms with Gasteiger partial charge in [0.15, 0.2) is 5.16 Å². The summed E-state index contributed by atoms with van der Waals surface area (Å²) < 4.78 is 2.10. The van der Waals surface area contributed by atoms with Crippen molar-refractivity contribution in [2.75, 3.05) is 0 Å². The predicted molar refractivity (Wildman–Crippen MR) is 102 cm³/mol. The van der Waals surface area contributed by atoms with E-state index in [0.717, 1.165) is 29.5 Å². The van der Waals surface area contributed by atoms with Crippen LogP contribution in [0.4, 0.5) is 5.69 Å². The molecule has 0 fully saturated rings. The molecule has 1 atom stereocenters. The lowest BCUT2D eigenvalue weighted by atomic mass is 10.1. The predicted octanol–water partition coefficient (Wildman–Crippen LogP) is 4.65. The summed E-state index contributed by atoms with van der Waals surface area (Å²) in [4.78, 5) is 10.6. The van der Waals surface area contributed by atoms with Crippen LogP contribution in [0.2, 0.25) is 0 Å². The summed E-state index contributed by atoms with van der Waals surface area (Å²) in [6.07, 6.45) is 0.730. The van der Waals surface area contributed by atoms with Crippen molar-refractivity contribution in [3.8, 4) is 0 Å². The van der Waals surface area contributed by atoms with Gasteiger partial charge in [-0.1, -0.05) is 54.2 Å². The van der Waals surface area contributed by atoms with E-state index in [1.165, 1.54) is 11.6 Å². The van der Waals surface area contributed by atoms with Gasteiger partial charge in [0.2, 0.25) is 0 Å². The summed E-state index contributed by atoms with van der Waals surface area (Å²) in [6.45, 7) is 4.87. The summed E-state index contributed by atoms with van der Waals surface area (Å²) in [7, 11) is 0. The zero-order chi connectivity index (χ0) is 18.5. The Hall–Kier alpha value is -2.67. The smallest absolute Gasteiger partial charge is 0.269 e. The van der Waals surface area contributed by atoms with Gasteiger partial charge in [-0.15, -0.1) is 10.2 Å². The molecule has 0 saturated carbocycles. The highest BCUT2D eigenvalue weighted by Gasteiger charge is 2.17. The average Bonchev–Trinajstić information content (AvgIpc) is 3.03. The topological polar surface area (TPSA) is 73.8 Å². The standard InChI is InChI=1S/C19H20N4O2S/c1-3-22-18(12-15-8-5-4-6-9-15)20-21-19(22)26-14(2)16-10-7-11-17(13-16)23(24)25/h4-11,13-14H,3,12H2,1-2H3. The maximum Gasteiger partial charge on any atom is 0.269 e.